The molecule has 3 heterocycles. The van der Waals surface area contributed by atoms with Crippen LogP contribution < -0.4 is 64.2 Å². The van der Waals surface area contributed by atoms with Gasteiger partial charge in [0.05, 0.1) is 25.7 Å². The van der Waals surface area contributed by atoms with Crippen LogP contribution in [-0.2, 0) is 71.9 Å². The second-order valence-electron chi connectivity index (χ2n) is 31.0. The summed E-state index contributed by atoms with van der Waals surface area (Å²) in [6.45, 7) is 29.4. The van der Waals surface area contributed by atoms with Crippen molar-refractivity contribution in [1.29, 1.82) is 0 Å². The highest BCUT2D eigenvalue weighted by Gasteiger charge is 2.49. The minimum absolute atomic E-state index is 0.0221. The molecule has 0 saturated carbocycles. The second kappa shape index (κ2) is 37.2. The normalized spacial score (nSPS) is 19.2. The largest absolute Gasteiger partial charge is 0.394 e. The molecule has 32 heteroatoms. The first-order valence-corrected chi connectivity index (χ1v) is 35.5. The third-order valence-corrected chi connectivity index (χ3v) is 18.7. The molecule has 0 spiro atoms. The average Bonchev–Trinajstić information content (AvgIpc) is 1.77. The molecule has 15 N–H and O–H groups in total. The number of nitrogens with one attached hydrogen (secondary N) is 11. The van der Waals surface area contributed by atoms with Crippen molar-refractivity contribution < 1.29 is 82.1 Å². The maximum Gasteiger partial charge on any atom is 0.248 e. The Morgan fingerprint density at radius 1 is 0.436 bits per heavy atom. The van der Waals surface area contributed by atoms with Gasteiger partial charge in [0, 0.05) is 26.6 Å². The second-order valence-corrected chi connectivity index (χ2v) is 31.0. The average molecular weight is 1430 g/mol. The molecule has 0 aliphatic carbocycles. The Morgan fingerprint density at radius 3 is 1.27 bits per heavy atom. The van der Waals surface area contributed by atoms with Crippen molar-refractivity contribution >= 4 is 88.6 Å². The van der Waals surface area contributed by atoms with Gasteiger partial charge in [0.2, 0.25) is 88.6 Å². The molecule has 3 aliphatic heterocycles. The lowest BCUT2D eigenvalue weighted by molar-refractivity contribution is -0.147. The van der Waals surface area contributed by atoms with Crippen LogP contribution in [0.15, 0.2) is 0 Å². The van der Waals surface area contributed by atoms with Crippen LogP contribution in [0, 0.1) is 23.7 Å². The molecule has 3 rings (SSSR count). The molecule has 3 fully saturated rings. The number of nitrogens with two attached hydrogens (primary N) is 1. The maximum absolute atomic E-state index is 14.5. The minimum atomic E-state index is -1.74. The van der Waals surface area contributed by atoms with Crippen LogP contribution in [0.2, 0.25) is 0 Å². The lowest BCUT2D eigenvalue weighted by atomic mass is 9.93. The summed E-state index contributed by atoms with van der Waals surface area (Å²) in [5.41, 5.74) is -2.75. The molecular formula is C69H119N15O17. The summed E-state index contributed by atoms with van der Waals surface area (Å²) in [4.78, 5) is 211. The first-order chi connectivity index (χ1) is 46.6. The van der Waals surface area contributed by atoms with Crippen molar-refractivity contribution in [3.8, 4) is 0 Å². The molecule has 101 heavy (non-hydrogen) atoms. The minimum Gasteiger partial charge on any atom is -0.394 e. The molecule has 0 aromatic carbocycles. The Hall–Kier alpha value is -8.03. The zero-order chi connectivity index (χ0) is 77.2. The van der Waals surface area contributed by atoms with Crippen molar-refractivity contribution in [1.82, 2.24) is 73.2 Å². The first-order valence-electron chi connectivity index (χ1n) is 35.5. The number of nitrogens with zero attached hydrogens (tertiary/aromatic N) is 3. The topological polar surface area (TPSA) is 465 Å². The number of primary amides is 1. The number of likely N-dealkylation sites (tertiary alicyclic amines) is 3. The highest BCUT2D eigenvalue weighted by molar-refractivity contribution is 6.03. The van der Waals surface area contributed by atoms with E-state index < -0.39 is 190 Å². The van der Waals surface area contributed by atoms with Crippen molar-refractivity contribution in [3.05, 3.63) is 0 Å². The Labute approximate surface area is 594 Å². The lowest BCUT2D eigenvalue weighted by Gasteiger charge is -2.37. The Morgan fingerprint density at radius 2 is 0.842 bits per heavy atom. The fourth-order valence-corrected chi connectivity index (χ4v) is 12.6. The predicted molar refractivity (Wildman–Crippen MR) is 373 cm³/mol. The highest BCUT2D eigenvalue weighted by atomic mass is 16.3. The van der Waals surface area contributed by atoms with Gasteiger partial charge >= 0.3 is 0 Å². The Bertz CT molecular complexity index is 3030. The molecule has 0 bridgehead atoms. The monoisotopic (exact) mass is 1430 g/mol. The van der Waals surface area contributed by atoms with Gasteiger partial charge in [-0.15, -0.1) is 0 Å². The van der Waals surface area contributed by atoms with E-state index in [0.29, 0.717) is 38.5 Å². The van der Waals surface area contributed by atoms with Gasteiger partial charge in [-0.1, -0.05) is 68.7 Å². The summed E-state index contributed by atoms with van der Waals surface area (Å²) in [6.07, 6.45) is 2.38. The maximum atomic E-state index is 14.5. The van der Waals surface area contributed by atoms with E-state index in [4.69, 9.17) is 5.73 Å². The molecule has 11 atom stereocenters. The van der Waals surface area contributed by atoms with Crippen molar-refractivity contribution in [2.45, 2.75) is 291 Å². The third-order valence-electron chi connectivity index (χ3n) is 18.7. The van der Waals surface area contributed by atoms with Gasteiger partial charge < -0.3 is 89.1 Å². The van der Waals surface area contributed by atoms with Gasteiger partial charge in [-0.2, -0.15) is 0 Å². The van der Waals surface area contributed by atoms with Crippen molar-refractivity contribution in [3.63, 3.8) is 0 Å². The summed E-state index contributed by atoms with van der Waals surface area (Å²) in [7, 11) is 0. The number of amides is 15. The molecule has 3 aliphatic rings. The molecule has 32 nitrogen and oxygen atoms in total. The highest BCUT2D eigenvalue weighted by Crippen LogP contribution is 2.28. The number of carbonyl (C=O) groups excluding carboxylic acids is 15. The first kappa shape index (κ1) is 87.2. The predicted octanol–water partition coefficient (Wildman–Crippen LogP) is -1.20. The zero-order valence-corrected chi connectivity index (χ0v) is 63.0. The summed E-state index contributed by atoms with van der Waals surface area (Å²) in [6, 6.07) is -10.8. The summed E-state index contributed by atoms with van der Waals surface area (Å²) in [5.74, 6) is -12.0. The smallest absolute Gasteiger partial charge is 0.248 e. The van der Waals surface area contributed by atoms with Crippen molar-refractivity contribution in [2.24, 2.45) is 29.4 Å². The molecule has 0 aromatic heterocycles. The van der Waals surface area contributed by atoms with E-state index in [1.165, 1.54) is 77.0 Å². The number of carbonyl (C=O) groups is 15. The van der Waals surface area contributed by atoms with Gasteiger partial charge in [0.25, 0.3) is 0 Å². The van der Waals surface area contributed by atoms with Gasteiger partial charge in [0.15, 0.2) is 0 Å². The van der Waals surface area contributed by atoms with E-state index in [1.54, 1.807) is 41.5 Å². The number of hydrogen-bond donors (Lipinski definition) is 14. The van der Waals surface area contributed by atoms with E-state index in [9.17, 15) is 82.1 Å². The fraction of sp³-hybridized carbons (Fsp3) is 0.783. The van der Waals surface area contributed by atoms with Gasteiger partial charge in [-0.25, -0.2) is 0 Å². The Kier molecular flexibility index (Phi) is 32.1. The van der Waals surface area contributed by atoms with E-state index in [-0.39, 0.29) is 76.1 Å². The summed E-state index contributed by atoms with van der Waals surface area (Å²) in [5, 5.41) is 49.6. The van der Waals surface area contributed by atoms with Crippen LogP contribution in [0.1, 0.15) is 209 Å². The van der Waals surface area contributed by atoms with Gasteiger partial charge in [-0.3, -0.25) is 71.9 Å². The molecular weight excluding hydrogens is 1310 g/mol. The molecule has 0 unspecified atom stereocenters. The number of aliphatic hydroxyl groups excluding tert-OH is 2. The third kappa shape index (κ3) is 24.6. The fourth-order valence-electron chi connectivity index (χ4n) is 12.6. The molecule has 0 radical (unpaired) electrons. The quantitative estimate of drug-likeness (QED) is 0.0347. The zero-order valence-electron chi connectivity index (χ0n) is 63.0. The molecule has 572 valence electrons. The summed E-state index contributed by atoms with van der Waals surface area (Å²) >= 11 is 0. The SMILES string of the molecule is CC[C@H](C)[C@H](NC(=O)[C@H](CO)NC(=O)[C@@H]1CCCN1C(=O)C(C)(C)NC(=O)[C@H](CC(C)C)NC(=O)[C@H](CC(N)=O)NC(=O)C(C)(C)NC(C)=O)C(=O)NC(C)(C)C(=O)N1CCC[C@H]1C(=O)NC(C)(C)C(=O)N[C@@H](CC(C)C)C(=O)N[C@](C)(CC)C(=O)N1CCC[C@H]1C(=O)N[C@H](CO)CC(C)C. The Balaban J connectivity index is 1.73. The molecule has 0 aromatic rings. The summed E-state index contributed by atoms with van der Waals surface area (Å²) < 4.78 is 0. The van der Waals surface area contributed by atoms with E-state index in [1.807, 2.05) is 27.7 Å². The van der Waals surface area contributed by atoms with Crippen LogP contribution >= 0.6 is 0 Å². The van der Waals surface area contributed by atoms with E-state index >= 15 is 0 Å². The van der Waals surface area contributed by atoms with Crippen LogP contribution in [0.5, 0.6) is 0 Å². The van der Waals surface area contributed by atoms with Gasteiger partial charge in [-0.05, 0) is 150 Å². The number of rotatable bonds is 37. The molecule has 3 saturated heterocycles. The van der Waals surface area contributed by atoms with Crippen LogP contribution in [0.4, 0.5) is 0 Å². The van der Waals surface area contributed by atoms with Crippen LogP contribution in [-0.4, -0.2) is 228 Å². The van der Waals surface area contributed by atoms with E-state index in [2.05, 4.69) is 58.5 Å². The van der Waals surface area contributed by atoms with Crippen molar-refractivity contribution in [2.75, 3.05) is 32.8 Å². The lowest BCUT2D eigenvalue weighted by Crippen LogP contribution is -2.66. The number of aliphatic hydroxyl groups is 2. The number of hydrogen-bond acceptors (Lipinski definition) is 17. The van der Waals surface area contributed by atoms with Gasteiger partial charge in [0.1, 0.15) is 76.0 Å². The van der Waals surface area contributed by atoms with Crippen LogP contribution in [0.25, 0.3) is 0 Å². The van der Waals surface area contributed by atoms with Crippen LogP contribution in [0.3, 0.4) is 0 Å². The van der Waals surface area contributed by atoms with E-state index in [0.717, 1.165) is 0 Å². The molecule has 15 amide bonds. The standard InChI is InChI=1S/C69H119N15O17/c1-20-40(9)51(76-53(90)46(36-86)73-57(94)48-26-22-28-82(48)62(99)67(15,16)78-54(91)43(32-38(5)6)72-52(89)45(34-50(70)88)75-60(97)65(11,12)77-41(10)87)59(96)80-68(17,18)63(100)83-29-24-27-49(83)58(95)79-66(13,14)61(98)74-44(33-39(7)8)55(92)81-69(19,21-2)64(101)84-30-23-25-47(84)56(93)71-42(35-85)31-37(3)4/h37-40,42-49,51,85-86H,20-36H2,1-19H3,(H2,70,88)(H,71,93)(H,72,89)(H,73,94)(H,74,98)(H,75,97)(H,76,90)(H,77,87)(H,78,91)(H,79,95)(H,80,96)(H,81,92)/t40-,42-,43-,44-,45-,46-,47-,48-,49-,51-,69+/m0/s1.